The molecule has 1 heterocycles. The number of rotatable bonds is 5. The van der Waals surface area contributed by atoms with E-state index in [1.807, 2.05) is 13.8 Å². The maximum Gasteiger partial charge on any atom is 0.270 e. The Morgan fingerprint density at radius 3 is 2.57 bits per heavy atom. The second-order valence-electron chi connectivity index (χ2n) is 6.23. The van der Waals surface area contributed by atoms with Crippen LogP contribution in [0.4, 0.5) is 11.5 Å². The van der Waals surface area contributed by atoms with Crippen molar-refractivity contribution in [2.45, 2.75) is 34.6 Å². The number of carbonyl (C=O) groups excluding carboxylic acids is 1. The van der Waals surface area contributed by atoms with Gasteiger partial charge in [0, 0.05) is 18.3 Å². The second-order valence-corrected chi connectivity index (χ2v) is 6.23. The molecule has 2 aromatic rings. The molecule has 2 N–H and O–H groups in total. The molecule has 1 amide bonds. The summed E-state index contributed by atoms with van der Waals surface area (Å²) >= 11 is 0. The van der Waals surface area contributed by atoms with E-state index in [0.717, 1.165) is 11.3 Å². The van der Waals surface area contributed by atoms with Gasteiger partial charge in [-0.15, -0.1) is 0 Å². The molecule has 0 unspecified atom stereocenters. The molecule has 1 aromatic carbocycles. The Morgan fingerprint density at radius 1 is 1.13 bits per heavy atom. The highest BCUT2D eigenvalue weighted by Crippen LogP contribution is 2.21. The van der Waals surface area contributed by atoms with Gasteiger partial charge in [0.25, 0.3) is 5.91 Å². The number of aryl methyl sites for hydroxylation is 3. The van der Waals surface area contributed by atoms with Gasteiger partial charge < -0.3 is 10.6 Å². The molecular weight excluding hydrogens is 288 g/mol. The van der Waals surface area contributed by atoms with Crippen molar-refractivity contribution >= 4 is 17.4 Å². The van der Waals surface area contributed by atoms with Gasteiger partial charge in [0.05, 0.1) is 0 Å². The fourth-order valence-electron chi connectivity index (χ4n) is 2.14. The second kappa shape index (κ2) is 7.22. The molecule has 5 nitrogen and oxygen atoms in total. The third-order valence-electron chi connectivity index (χ3n) is 3.40. The van der Waals surface area contributed by atoms with Crippen LogP contribution in [0.15, 0.2) is 24.3 Å². The van der Waals surface area contributed by atoms with Crippen LogP contribution < -0.4 is 10.6 Å². The van der Waals surface area contributed by atoms with Gasteiger partial charge in [-0.2, -0.15) is 0 Å². The normalized spacial score (nSPS) is 10.7. The smallest absolute Gasteiger partial charge is 0.270 e. The molecule has 0 aliphatic heterocycles. The van der Waals surface area contributed by atoms with E-state index in [4.69, 9.17) is 0 Å². The van der Waals surface area contributed by atoms with Crippen molar-refractivity contribution in [2.75, 3.05) is 11.9 Å². The zero-order valence-corrected chi connectivity index (χ0v) is 14.4. The molecule has 0 spiro atoms. The summed E-state index contributed by atoms with van der Waals surface area (Å²) in [6.45, 7) is 10.6. The van der Waals surface area contributed by atoms with Gasteiger partial charge in [0.1, 0.15) is 17.3 Å². The maximum absolute atomic E-state index is 12.2. The lowest BCUT2D eigenvalue weighted by molar-refractivity contribution is 0.0943. The van der Waals surface area contributed by atoms with Crippen LogP contribution in [0.25, 0.3) is 0 Å². The Bertz CT molecular complexity index is 710. The predicted octanol–water partition coefficient (Wildman–Crippen LogP) is 3.53. The van der Waals surface area contributed by atoms with Crippen LogP contribution in [0.1, 0.15) is 41.3 Å². The van der Waals surface area contributed by atoms with Crippen LogP contribution in [-0.2, 0) is 0 Å². The Hall–Kier alpha value is -2.43. The average molecular weight is 312 g/mol. The van der Waals surface area contributed by atoms with Crippen molar-refractivity contribution in [2.24, 2.45) is 5.92 Å². The van der Waals surface area contributed by atoms with Crippen LogP contribution in [0.3, 0.4) is 0 Å². The minimum Gasteiger partial charge on any atom is -0.350 e. The number of carbonyl (C=O) groups is 1. The van der Waals surface area contributed by atoms with Gasteiger partial charge in [-0.3, -0.25) is 4.79 Å². The van der Waals surface area contributed by atoms with Gasteiger partial charge in [-0.25, -0.2) is 9.97 Å². The molecule has 0 fully saturated rings. The van der Waals surface area contributed by atoms with E-state index < -0.39 is 0 Å². The molecule has 0 saturated carbocycles. The van der Waals surface area contributed by atoms with Crippen molar-refractivity contribution < 1.29 is 4.79 Å². The van der Waals surface area contributed by atoms with Crippen molar-refractivity contribution in [3.05, 3.63) is 46.9 Å². The van der Waals surface area contributed by atoms with Crippen LogP contribution >= 0.6 is 0 Å². The summed E-state index contributed by atoms with van der Waals surface area (Å²) in [6.07, 6.45) is 0. The Labute approximate surface area is 137 Å². The molecule has 0 bridgehead atoms. The highest BCUT2D eigenvalue weighted by Gasteiger charge is 2.11. The van der Waals surface area contributed by atoms with Gasteiger partial charge >= 0.3 is 0 Å². The fourth-order valence-corrected chi connectivity index (χ4v) is 2.14. The zero-order valence-electron chi connectivity index (χ0n) is 14.4. The monoisotopic (exact) mass is 312 g/mol. The van der Waals surface area contributed by atoms with E-state index in [-0.39, 0.29) is 5.91 Å². The first-order chi connectivity index (χ1) is 10.8. The quantitative estimate of drug-likeness (QED) is 0.886. The summed E-state index contributed by atoms with van der Waals surface area (Å²) in [6, 6.07) is 7.87. The summed E-state index contributed by atoms with van der Waals surface area (Å²) < 4.78 is 0. The molecule has 0 atom stereocenters. The summed E-state index contributed by atoms with van der Waals surface area (Å²) in [5.41, 5.74) is 3.65. The lowest BCUT2D eigenvalue weighted by atomic mass is 10.1. The fraction of sp³-hybridized carbons (Fsp3) is 0.389. The van der Waals surface area contributed by atoms with E-state index in [1.165, 1.54) is 5.56 Å². The highest BCUT2D eigenvalue weighted by atomic mass is 16.1. The Morgan fingerprint density at radius 2 is 1.87 bits per heavy atom. The van der Waals surface area contributed by atoms with Crippen LogP contribution in [0.5, 0.6) is 0 Å². The van der Waals surface area contributed by atoms with E-state index >= 15 is 0 Å². The van der Waals surface area contributed by atoms with E-state index in [1.54, 1.807) is 13.0 Å². The van der Waals surface area contributed by atoms with Crippen molar-refractivity contribution in [3.8, 4) is 0 Å². The molecule has 0 aliphatic carbocycles. The van der Waals surface area contributed by atoms with Gasteiger partial charge in [0.15, 0.2) is 0 Å². The van der Waals surface area contributed by atoms with E-state index in [9.17, 15) is 4.79 Å². The molecule has 23 heavy (non-hydrogen) atoms. The lowest BCUT2D eigenvalue weighted by Crippen LogP contribution is -2.28. The number of nitrogens with zero attached hydrogens (tertiary/aromatic N) is 2. The standard InChI is InChI=1S/C18H24N4O/c1-11(2)10-19-18(23)16-9-17(21-14(5)20-16)22-15-8-12(3)6-7-13(15)4/h6-9,11H,10H2,1-5H3,(H,19,23)(H,20,21,22). The van der Waals surface area contributed by atoms with Crippen molar-refractivity contribution in [1.82, 2.24) is 15.3 Å². The molecular formula is C18H24N4O. The van der Waals surface area contributed by atoms with Gasteiger partial charge in [-0.1, -0.05) is 26.0 Å². The number of anilines is 2. The minimum atomic E-state index is -0.173. The van der Waals surface area contributed by atoms with Crippen LogP contribution in [0, 0.1) is 26.7 Å². The summed E-state index contributed by atoms with van der Waals surface area (Å²) in [4.78, 5) is 20.8. The van der Waals surface area contributed by atoms with Crippen LogP contribution in [0.2, 0.25) is 0 Å². The van der Waals surface area contributed by atoms with Crippen molar-refractivity contribution in [3.63, 3.8) is 0 Å². The third-order valence-corrected chi connectivity index (χ3v) is 3.40. The Kier molecular flexibility index (Phi) is 5.32. The number of aromatic nitrogens is 2. The number of hydrogen-bond donors (Lipinski definition) is 2. The predicted molar refractivity (Wildman–Crippen MR) is 93.1 cm³/mol. The SMILES string of the molecule is Cc1ccc(C)c(Nc2cc(C(=O)NCC(C)C)nc(C)n2)c1. The molecule has 1 aromatic heterocycles. The number of hydrogen-bond acceptors (Lipinski definition) is 4. The first kappa shape index (κ1) is 16.9. The van der Waals surface area contributed by atoms with E-state index in [2.05, 4.69) is 52.6 Å². The zero-order chi connectivity index (χ0) is 17.0. The minimum absolute atomic E-state index is 0.173. The lowest BCUT2D eigenvalue weighted by Gasteiger charge is -2.12. The third kappa shape index (κ3) is 4.77. The molecule has 0 radical (unpaired) electrons. The maximum atomic E-state index is 12.2. The molecule has 0 aliphatic rings. The summed E-state index contributed by atoms with van der Waals surface area (Å²) in [5.74, 6) is 1.42. The molecule has 5 heteroatoms. The Balaban J connectivity index is 2.23. The topological polar surface area (TPSA) is 66.9 Å². The molecule has 0 saturated heterocycles. The number of nitrogens with one attached hydrogen (secondary N) is 2. The van der Waals surface area contributed by atoms with Gasteiger partial charge in [0.2, 0.25) is 0 Å². The van der Waals surface area contributed by atoms with Crippen LogP contribution in [-0.4, -0.2) is 22.4 Å². The number of benzene rings is 1. The molecule has 122 valence electrons. The van der Waals surface area contributed by atoms with Crippen molar-refractivity contribution in [1.29, 1.82) is 0 Å². The first-order valence-electron chi connectivity index (χ1n) is 7.83. The summed E-state index contributed by atoms with van der Waals surface area (Å²) in [5, 5.41) is 6.16. The number of amides is 1. The van der Waals surface area contributed by atoms with Gasteiger partial charge in [-0.05, 0) is 43.9 Å². The average Bonchev–Trinajstić information content (AvgIpc) is 2.48. The molecule has 2 rings (SSSR count). The summed E-state index contributed by atoms with van der Waals surface area (Å²) in [7, 11) is 0. The first-order valence-corrected chi connectivity index (χ1v) is 7.83. The largest absolute Gasteiger partial charge is 0.350 e. The highest BCUT2D eigenvalue weighted by molar-refractivity contribution is 5.93. The van der Waals surface area contributed by atoms with E-state index in [0.29, 0.717) is 29.8 Å².